The topological polar surface area (TPSA) is 59.7 Å². The molecule has 4 rings (SSSR count). The van der Waals surface area contributed by atoms with Crippen LogP contribution in [0, 0.1) is 0 Å². The summed E-state index contributed by atoms with van der Waals surface area (Å²) in [4.78, 5) is 19.2. The monoisotopic (exact) mass is 350 g/mol. The maximum atomic E-state index is 12.6. The van der Waals surface area contributed by atoms with E-state index in [9.17, 15) is 4.79 Å². The van der Waals surface area contributed by atoms with Crippen LogP contribution in [0.1, 0.15) is 42.2 Å². The van der Waals surface area contributed by atoms with Gasteiger partial charge < -0.3 is 9.64 Å². The SMILES string of the molecule is CCc1ccccc1OC(=O)c1cc2nccc(N3CCCCC3)n2n1. The number of carbonyl (C=O) groups excluding carboxylic acids is 1. The van der Waals surface area contributed by atoms with Gasteiger partial charge >= 0.3 is 5.97 Å². The van der Waals surface area contributed by atoms with Crippen molar-refractivity contribution in [2.75, 3.05) is 18.0 Å². The zero-order chi connectivity index (χ0) is 17.9. The molecule has 0 saturated carbocycles. The van der Waals surface area contributed by atoms with E-state index in [-0.39, 0.29) is 5.69 Å². The van der Waals surface area contributed by atoms with Gasteiger partial charge in [-0.2, -0.15) is 9.61 Å². The first-order valence-corrected chi connectivity index (χ1v) is 9.16. The quantitative estimate of drug-likeness (QED) is 0.532. The number of fused-ring (bicyclic) bond motifs is 1. The van der Waals surface area contributed by atoms with Crippen molar-refractivity contribution >= 4 is 17.4 Å². The highest BCUT2D eigenvalue weighted by molar-refractivity contribution is 5.90. The zero-order valence-electron chi connectivity index (χ0n) is 14.9. The minimum atomic E-state index is -0.457. The highest BCUT2D eigenvalue weighted by Gasteiger charge is 2.19. The van der Waals surface area contributed by atoms with E-state index in [1.807, 2.05) is 37.3 Å². The van der Waals surface area contributed by atoms with Crippen LogP contribution in [-0.4, -0.2) is 33.7 Å². The number of hydrogen-bond donors (Lipinski definition) is 0. The Balaban J connectivity index is 1.63. The lowest BCUT2D eigenvalue weighted by atomic mass is 10.1. The number of para-hydroxylation sites is 1. The molecule has 0 unspecified atom stereocenters. The molecular formula is C20H22N4O2. The first-order valence-electron chi connectivity index (χ1n) is 9.16. The van der Waals surface area contributed by atoms with Crippen LogP contribution in [0.5, 0.6) is 5.75 Å². The second-order valence-electron chi connectivity index (χ2n) is 6.50. The molecule has 1 aliphatic heterocycles. The standard InChI is InChI=1S/C20H22N4O2/c1-2-15-8-4-5-9-17(15)26-20(25)16-14-18-21-11-10-19(24(18)22-16)23-12-6-3-7-13-23/h4-5,8-11,14H,2-3,6-7,12-13H2,1H3. The summed E-state index contributed by atoms with van der Waals surface area (Å²) in [7, 11) is 0. The minimum absolute atomic E-state index is 0.271. The first-order chi connectivity index (χ1) is 12.8. The number of benzene rings is 1. The molecule has 0 radical (unpaired) electrons. The molecule has 1 fully saturated rings. The molecule has 1 saturated heterocycles. The highest BCUT2D eigenvalue weighted by Crippen LogP contribution is 2.22. The Morgan fingerprint density at radius 3 is 2.77 bits per heavy atom. The number of esters is 1. The summed E-state index contributed by atoms with van der Waals surface area (Å²) in [6, 6.07) is 11.2. The van der Waals surface area contributed by atoms with Crippen molar-refractivity contribution < 1.29 is 9.53 Å². The Kier molecular flexibility index (Phi) is 4.56. The van der Waals surface area contributed by atoms with E-state index in [2.05, 4.69) is 15.0 Å². The van der Waals surface area contributed by atoms with E-state index in [1.165, 1.54) is 19.3 Å². The van der Waals surface area contributed by atoms with E-state index >= 15 is 0 Å². The highest BCUT2D eigenvalue weighted by atomic mass is 16.5. The van der Waals surface area contributed by atoms with Crippen LogP contribution in [0.25, 0.3) is 5.65 Å². The van der Waals surface area contributed by atoms with Crippen molar-refractivity contribution in [3.05, 3.63) is 53.9 Å². The van der Waals surface area contributed by atoms with Crippen LogP contribution in [0.3, 0.4) is 0 Å². The Bertz CT molecular complexity index is 928. The van der Waals surface area contributed by atoms with Gasteiger partial charge in [-0.05, 0) is 43.4 Å². The third kappa shape index (κ3) is 3.14. The molecule has 1 aromatic carbocycles. The Labute approximate surface area is 152 Å². The summed E-state index contributed by atoms with van der Waals surface area (Å²) in [6.45, 7) is 4.04. The number of carbonyl (C=O) groups is 1. The van der Waals surface area contributed by atoms with Crippen molar-refractivity contribution in [3.8, 4) is 5.75 Å². The average Bonchev–Trinajstić information content (AvgIpc) is 3.13. The summed E-state index contributed by atoms with van der Waals surface area (Å²) < 4.78 is 7.32. The fraction of sp³-hybridized carbons (Fsp3) is 0.350. The van der Waals surface area contributed by atoms with Gasteiger partial charge in [0.2, 0.25) is 0 Å². The second kappa shape index (κ2) is 7.15. The van der Waals surface area contributed by atoms with Gasteiger partial charge in [-0.25, -0.2) is 9.78 Å². The molecule has 3 aromatic rings. The number of aryl methyl sites for hydroxylation is 1. The smallest absolute Gasteiger partial charge is 0.364 e. The predicted octanol–water partition coefficient (Wildman–Crippen LogP) is 3.50. The van der Waals surface area contributed by atoms with Gasteiger partial charge in [0, 0.05) is 25.4 Å². The van der Waals surface area contributed by atoms with Crippen LogP contribution < -0.4 is 9.64 Å². The van der Waals surface area contributed by atoms with Crippen LogP contribution in [0.2, 0.25) is 0 Å². The largest absolute Gasteiger partial charge is 0.421 e. The fourth-order valence-electron chi connectivity index (χ4n) is 3.39. The maximum Gasteiger partial charge on any atom is 0.364 e. The number of anilines is 1. The van der Waals surface area contributed by atoms with Crippen LogP contribution in [0.15, 0.2) is 42.6 Å². The normalized spacial score (nSPS) is 14.6. The molecular weight excluding hydrogens is 328 g/mol. The number of aromatic nitrogens is 3. The number of hydrogen-bond acceptors (Lipinski definition) is 5. The minimum Gasteiger partial charge on any atom is -0.421 e. The number of nitrogens with zero attached hydrogens (tertiary/aromatic N) is 4. The lowest BCUT2D eigenvalue weighted by Crippen LogP contribution is -2.31. The molecule has 26 heavy (non-hydrogen) atoms. The molecule has 0 bridgehead atoms. The molecule has 0 atom stereocenters. The van der Waals surface area contributed by atoms with Crippen molar-refractivity contribution in [3.63, 3.8) is 0 Å². The van der Waals surface area contributed by atoms with Gasteiger partial charge in [0.15, 0.2) is 11.3 Å². The lowest BCUT2D eigenvalue weighted by molar-refractivity contribution is 0.0726. The van der Waals surface area contributed by atoms with E-state index in [0.717, 1.165) is 30.9 Å². The molecule has 2 aromatic heterocycles. The molecule has 6 nitrogen and oxygen atoms in total. The van der Waals surface area contributed by atoms with Crippen molar-refractivity contribution in [1.29, 1.82) is 0 Å². The zero-order valence-corrected chi connectivity index (χ0v) is 14.9. The van der Waals surface area contributed by atoms with Gasteiger partial charge in [0.1, 0.15) is 11.6 Å². The van der Waals surface area contributed by atoms with Gasteiger partial charge in [0.25, 0.3) is 0 Å². The van der Waals surface area contributed by atoms with Crippen molar-refractivity contribution in [2.24, 2.45) is 0 Å². The van der Waals surface area contributed by atoms with Crippen LogP contribution in [-0.2, 0) is 6.42 Å². The van der Waals surface area contributed by atoms with Crippen molar-refractivity contribution in [2.45, 2.75) is 32.6 Å². The molecule has 6 heteroatoms. The molecule has 3 heterocycles. The lowest BCUT2D eigenvalue weighted by Gasteiger charge is -2.28. The molecule has 0 aliphatic carbocycles. The number of piperidine rings is 1. The maximum absolute atomic E-state index is 12.6. The van der Waals surface area contributed by atoms with E-state index in [1.54, 1.807) is 16.8 Å². The van der Waals surface area contributed by atoms with Gasteiger partial charge in [-0.1, -0.05) is 25.1 Å². The van der Waals surface area contributed by atoms with Gasteiger partial charge in [0.05, 0.1) is 0 Å². The van der Waals surface area contributed by atoms with Gasteiger partial charge in [-0.3, -0.25) is 0 Å². The number of ether oxygens (including phenoxy) is 1. The average molecular weight is 350 g/mol. The molecule has 1 aliphatic rings. The second-order valence-corrected chi connectivity index (χ2v) is 6.50. The Morgan fingerprint density at radius 1 is 1.15 bits per heavy atom. The third-order valence-corrected chi connectivity index (χ3v) is 4.78. The summed E-state index contributed by atoms with van der Waals surface area (Å²) in [5.74, 6) is 1.10. The van der Waals surface area contributed by atoms with Crippen LogP contribution in [0.4, 0.5) is 5.82 Å². The summed E-state index contributed by atoms with van der Waals surface area (Å²) >= 11 is 0. The molecule has 0 N–H and O–H groups in total. The molecule has 0 amide bonds. The van der Waals surface area contributed by atoms with Crippen LogP contribution >= 0.6 is 0 Å². The summed E-state index contributed by atoms with van der Waals surface area (Å²) in [6.07, 6.45) is 6.18. The Morgan fingerprint density at radius 2 is 1.96 bits per heavy atom. The van der Waals surface area contributed by atoms with E-state index in [4.69, 9.17) is 4.74 Å². The van der Waals surface area contributed by atoms with Gasteiger partial charge in [-0.15, -0.1) is 0 Å². The molecule has 134 valence electrons. The summed E-state index contributed by atoms with van der Waals surface area (Å²) in [5.41, 5.74) is 1.92. The first kappa shape index (κ1) is 16.6. The molecule has 0 spiro atoms. The van der Waals surface area contributed by atoms with E-state index < -0.39 is 5.97 Å². The predicted molar refractivity (Wildman–Crippen MR) is 99.8 cm³/mol. The fourth-order valence-corrected chi connectivity index (χ4v) is 3.39. The Hall–Kier alpha value is -2.89. The van der Waals surface area contributed by atoms with E-state index in [0.29, 0.717) is 11.4 Å². The number of rotatable bonds is 4. The summed E-state index contributed by atoms with van der Waals surface area (Å²) in [5, 5.41) is 4.48. The third-order valence-electron chi connectivity index (χ3n) is 4.78. The van der Waals surface area contributed by atoms with Crippen molar-refractivity contribution in [1.82, 2.24) is 14.6 Å².